The van der Waals surface area contributed by atoms with Gasteiger partial charge in [0.25, 0.3) is 0 Å². The molecule has 2 aliphatic rings. The summed E-state index contributed by atoms with van der Waals surface area (Å²) in [7, 11) is 0. The van der Waals surface area contributed by atoms with Crippen molar-refractivity contribution in [1.82, 2.24) is 9.97 Å². The van der Waals surface area contributed by atoms with Crippen LogP contribution in [0.2, 0.25) is 0 Å². The average Bonchev–Trinajstić information content (AvgIpc) is 3.51. The maximum Gasteiger partial charge on any atom is 0.0687 e. The lowest BCUT2D eigenvalue weighted by molar-refractivity contribution is 1.21. The molecule has 0 saturated heterocycles. The van der Waals surface area contributed by atoms with Crippen molar-refractivity contribution in [1.29, 1.82) is 0 Å². The summed E-state index contributed by atoms with van der Waals surface area (Å²) < 4.78 is 0. The third-order valence-corrected chi connectivity index (χ3v) is 5.46. The zero-order valence-electron chi connectivity index (χ0n) is 17.6. The molecule has 0 amide bonds. The highest BCUT2D eigenvalue weighted by atomic mass is 14.8. The van der Waals surface area contributed by atoms with E-state index in [1.54, 1.807) is 0 Å². The van der Waals surface area contributed by atoms with Crippen molar-refractivity contribution in [2.75, 3.05) is 0 Å². The molecular formula is C25H26N4. The van der Waals surface area contributed by atoms with Crippen molar-refractivity contribution in [2.24, 2.45) is 9.98 Å². The Bertz CT molecular complexity index is 1260. The molecule has 2 aromatic rings. The molecule has 0 atom stereocenters. The molecule has 4 heterocycles. The molecule has 0 radical (unpaired) electrons. The van der Waals surface area contributed by atoms with Gasteiger partial charge in [0.2, 0.25) is 0 Å². The van der Waals surface area contributed by atoms with Crippen LogP contribution in [0.3, 0.4) is 0 Å². The van der Waals surface area contributed by atoms with Crippen LogP contribution in [0.15, 0.2) is 75.5 Å². The molecule has 0 unspecified atom stereocenters. The topological polar surface area (TPSA) is 56.3 Å². The molecule has 4 rings (SSSR count). The van der Waals surface area contributed by atoms with Crippen LogP contribution in [-0.2, 0) is 0 Å². The van der Waals surface area contributed by atoms with E-state index in [4.69, 9.17) is 4.99 Å². The van der Waals surface area contributed by atoms with Crippen LogP contribution in [-0.4, -0.2) is 21.9 Å². The molecule has 0 bridgehead atoms. The van der Waals surface area contributed by atoms with Gasteiger partial charge in [-0.25, -0.2) is 4.99 Å². The normalized spacial score (nSPS) is 19.1. The lowest BCUT2D eigenvalue weighted by Crippen LogP contribution is -2.16. The van der Waals surface area contributed by atoms with Crippen molar-refractivity contribution >= 4 is 28.6 Å². The van der Waals surface area contributed by atoms with Gasteiger partial charge in [-0.1, -0.05) is 5.57 Å². The van der Waals surface area contributed by atoms with Crippen LogP contribution in [0, 0.1) is 0 Å². The Kier molecular flexibility index (Phi) is 4.93. The molecule has 146 valence electrons. The minimum atomic E-state index is 1.00. The highest BCUT2D eigenvalue weighted by Gasteiger charge is 2.10. The summed E-state index contributed by atoms with van der Waals surface area (Å²) in [6.07, 6.45) is 9.98. The van der Waals surface area contributed by atoms with E-state index >= 15 is 0 Å². The number of nitrogens with one attached hydrogen (secondary N) is 2. The first-order chi connectivity index (χ1) is 13.9. The Morgan fingerprint density at radius 1 is 0.690 bits per heavy atom. The van der Waals surface area contributed by atoms with Crippen LogP contribution in [0.25, 0.3) is 16.7 Å². The summed E-state index contributed by atoms with van der Waals surface area (Å²) in [6, 6.07) is 8.49. The first-order valence-corrected chi connectivity index (χ1v) is 9.87. The molecule has 29 heavy (non-hydrogen) atoms. The third kappa shape index (κ3) is 3.66. The van der Waals surface area contributed by atoms with E-state index in [2.05, 4.69) is 86.0 Å². The predicted octanol–water partition coefficient (Wildman–Crippen LogP) is 4.41. The van der Waals surface area contributed by atoms with Gasteiger partial charge in [-0.3, -0.25) is 4.99 Å². The van der Waals surface area contributed by atoms with E-state index in [1.165, 1.54) is 11.1 Å². The monoisotopic (exact) mass is 382 g/mol. The van der Waals surface area contributed by atoms with E-state index in [0.717, 1.165) is 50.3 Å². The third-order valence-electron chi connectivity index (χ3n) is 5.46. The molecule has 4 nitrogen and oxygen atoms in total. The van der Waals surface area contributed by atoms with Crippen LogP contribution in [0.5, 0.6) is 0 Å². The van der Waals surface area contributed by atoms with Crippen molar-refractivity contribution < 1.29 is 0 Å². The summed E-state index contributed by atoms with van der Waals surface area (Å²) in [5.41, 5.74) is 9.96. The van der Waals surface area contributed by atoms with Gasteiger partial charge in [0, 0.05) is 28.3 Å². The van der Waals surface area contributed by atoms with Gasteiger partial charge in [-0.2, -0.15) is 0 Å². The van der Waals surface area contributed by atoms with Crippen molar-refractivity contribution in [3.63, 3.8) is 0 Å². The molecule has 0 fully saturated rings. The number of H-pyrrole nitrogens is 2. The maximum atomic E-state index is 4.73. The number of aliphatic imine (C=N–C) groups is 2. The Labute approximate surface area is 171 Å². The fourth-order valence-corrected chi connectivity index (χ4v) is 3.46. The fraction of sp³-hybridized carbons (Fsp3) is 0.200. The average molecular weight is 383 g/mol. The number of aromatic amines is 2. The van der Waals surface area contributed by atoms with E-state index in [1.807, 2.05) is 18.4 Å². The number of nitrogens with zero attached hydrogens (tertiary/aromatic N) is 2. The summed E-state index contributed by atoms with van der Waals surface area (Å²) >= 11 is 0. The lowest BCUT2D eigenvalue weighted by Gasteiger charge is -2.01. The van der Waals surface area contributed by atoms with Gasteiger partial charge in [-0.05, 0) is 99.9 Å². The van der Waals surface area contributed by atoms with Gasteiger partial charge in [0.1, 0.15) is 0 Å². The number of hydrogen-bond donors (Lipinski definition) is 2. The second-order valence-corrected chi connectivity index (χ2v) is 7.68. The van der Waals surface area contributed by atoms with Gasteiger partial charge in [-0.15, -0.1) is 0 Å². The highest BCUT2D eigenvalue weighted by molar-refractivity contribution is 6.25. The van der Waals surface area contributed by atoms with Crippen LogP contribution >= 0.6 is 0 Å². The standard InChI is InChI=1S/C25H26N4/c1-15(2)19-8-9-22(27-19)17(4)23-12-13-25(29-23)18(5)24-11-10-21(28-24)16(3)20-7-6-14-26-20/h6-14,28-29H,1-5H3/b20-16-,23-17?,25-18-. The number of allylic oxidation sites excluding steroid dienone is 6. The van der Waals surface area contributed by atoms with E-state index in [0.29, 0.717) is 0 Å². The van der Waals surface area contributed by atoms with Crippen molar-refractivity contribution in [3.8, 4) is 0 Å². The smallest absolute Gasteiger partial charge is 0.0687 e. The van der Waals surface area contributed by atoms with Crippen molar-refractivity contribution in [2.45, 2.75) is 34.6 Å². The van der Waals surface area contributed by atoms with Gasteiger partial charge in [0.15, 0.2) is 0 Å². The summed E-state index contributed by atoms with van der Waals surface area (Å²) in [6.45, 7) is 10.5. The summed E-state index contributed by atoms with van der Waals surface area (Å²) in [4.78, 5) is 16.2. The SMILES string of the molecule is CC(C)=C1C=CC(C(C)=c2cc/c(=C(\C)c3ccc(/C(C)=C4/C=CC=N4)[nH]3)[nH]2)=N1. The van der Waals surface area contributed by atoms with Gasteiger partial charge < -0.3 is 9.97 Å². The molecule has 2 N–H and O–H groups in total. The fourth-order valence-electron chi connectivity index (χ4n) is 3.46. The summed E-state index contributed by atoms with van der Waals surface area (Å²) in [5, 5.41) is 2.19. The minimum Gasteiger partial charge on any atom is -0.355 e. The molecule has 0 aliphatic carbocycles. The number of hydrogen-bond acceptors (Lipinski definition) is 2. The zero-order chi connectivity index (χ0) is 20.5. The molecule has 4 heteroatoms. The molecule has 2 aliphatic heterocycles. The Hall–Kier alpha value is -3.40. The van der Waals surface area contributed by atoms with E-state index in [-0.39, 0.29) is 0 Å². The zero-order valence-corrected chi connectivity index (χ0v) is 17.6. The van der Waals surface area contributed by atoms with Gasteiger partial charge in [0.05, 0.1) is 17.1 Å². The van der Waals surface area contributed by atoms with Crippen LogP contribution < -0.4 is 10.7 Å². The molecule has 0 saturated carbocycles. The van der Waals surface area contributed by atoms with E-state index < -0.39 is 0 Å². The Morgan fingerprint density at radius 3 is 2.00 bits per heavy atom. The molecule has 0 aromatic carbocycles. The maximum absolute atomic E-state index is 4.73. The minimum absolute atomic E-state index is 1.00. The Morgan fingerprint density at radius 2 is 1.38 bits per heavy atom. The van der Waals surface area contributed by atoms with Crippen molar-refractivity contribution in [3.05, 3.63) is 87.6 Å². The summed E-state index contributed by atoms with van der Waals surface area (Å²) in [5.74, 6) is 0. The largest absolute Gasteiger partial charge is 0.355 e. The number of rotatable bonds is 3. The van der Waals surface area contributed by atoms with Crippen LogP contribution in [0.4, 0.5) is 0 Å². The molecule has 2 aromatic heterocycles. The quantitative estimate of drug-likeness (QED) is 0.790. The second kappa shape index (κ2) is 7.55. The van der Waals surface area contributed by atoms with Gasteiger partial charge >= 0.3 is 0 Å². The first-order valence-electron chi connectivity index (χ1n) is 9.87. The van der Waals surface area contributed by atoms with E-state index in [9.17, 15) is 0 Å². The Balaban J connectivity index is 1.71. The predicted molar refractivity (Wildman–Crippen MR) is 123 cm³/mol. The molecular weight excluding hydrogens is 356 g/mol. The number of aromatic nitrogens is 2. The molecule has 0 spiro atoms. The first kappa shape index (κ1) is 18.9. The second-order valence-electron chi connectivity index (χ2n) is 7.68. The lowest BCUT2D eigenvalue weighted by atomic mass is 10.2. The van der Waals surface area contributed by atoms with Crippen LogP contribution in [0.1, 0.15) is 46.0 Å². The highest BCUT2D eigenvalue weighted by Crippen LogP contribution is 2.22.